The molecule has 3 N–H and O–H groups in total. The van der Waals surface area contributed by atoms with Crippen LogP contribution in [-0.2, 0) is 16.0 Å². The molecule has 1 aromatic carbocycles. The molecule has 0 radical (unpaired) electrons. The van der Waals surface area contributed by atoms with E-state index in [2.05, 4.69) is 20.6 Å². The van der Waals surface area contributed by atoms with Crippen LogP contribution in [0.5, 0.6) is 0 Å². The zero-order valence-electron chi connectivity index (χ0n) is 14.8. The van der Waals surface area contributed by atoms with Gasteiger partial charge in [0.05, 0.1) is 11.9 Å². The second-order valence-corrected chi connectivity index (χ2v) is 6.51. The van der Waals surface area contributed by atoms with Gasteiger partial charge >= 0.3 is 0 Å². The molecule has 0 aliphatic heterocycles. The normalized spacial score (nSPS) is 12.1. The molecule has 0 fully saturated rings. The SMILES string of the molecule is CC(C)C(=O)NC(Cc1c[nH]c2ccccc12)C(=O)Nc1cccnc1. The molecule has 2 heterocycles. The number of carbonyl (C=O) groups is 2. The summed E-state index contributed by atoms with van der Waals surface area (Å²) in [6.45, 7) is 3.61. The van der Waals surface area contributed by atoms with Gasteiger partial charge in [0.15, 0.2) is 0 Å². The number of rotatable bonds is 6. The molecule has 0 saturated heterocycles. The molecule has 0 aliphatic carbocycles. The first kappa shape index (κ1) is 17.7. The lowest BCUT2D eigenvalue weighted by molar-refractivity contribution is -0.128. The molecular formula is C20H22N4O2. The lowest BCUT2D eigenvalue weighted by Crippen LogP contribution is -2.46. The maximum atomic E-state index is 12.8. The van der Waals surface area contributed by atoms with Gasteiger partial charge in [-0.25, -0.2) is 0 Å². The second kappa shape index (κ2) is 7.82. The third kappa shape index (κ3) is 4.08. The number of carbonyl (C=O) groups excluding carboxylic acids is 2. The molecule has 0 saturated carbocycles. The number of fused-ring (bicyclic) bond motifs is 1. The zero-order chi connectivity index (χ0) is 18.5. The highest BCUT2D eigenvalue weighted by Crippen LogP contribution is 2.19. The highest BCUT2D eigenvalue weighted by Gasteiger charge is 2.23. The molecule has 1 unspecified atom stereocenters. The molecule has 3 rings (SSSR count). The number of nitrogens with one attached hydrogen (secondary N) is 3. The average Bonchev–Trinajstić information content (AvgIpc) is 3.05. The molecular weight excluding hydrogens is 328 g/mol. The molecule has 3 aromatic rings. The van der Waals surface area contributed by atoms with E-state index in [1.54, 1.807) is 38.4 Å². The average molecular weight is 350 g/mol. The topological polar surface area (TPSA) is 86.9 Å². The Morgan fingerprint density at radius 2 is 1.92 bits per heavy atom. The molecule has 0 spiro atoms. The number of aromatic nitrogens is 2. The van der Waals surface area contributed by atoms with Gasteiger partial charge in [-0.1, -0.05) is 32.0 Å². The van der Waals surface area contributed by atoms with Crippen LogP contribution >= 0.6 is 0 Å². The maximum Gasteiger partial charge on any atom is 0.247 e. The second-order valence-electron chi connectivity index (χ2n) is 6.51. The molecule has 2 amide bonds. The Morgan fingerprint density at radius 1 is 1.12 bits per heavy atom. The Bertz CT molecular complexity index is 902. The number of pyridine rings is 1. The van der Waals surface area contributed by atoms with E-state index in [1.165, 1.54) is 0 Å². The van der Waals surface area contributed by atoms with Crippen molar-refractivity contribution in [3.8, 4) is 0 Å². The number of amides is 2. The largest absolute Gasteiger partial charge is 0.361 e. The smallest absolute Gasteiger partial charge is 0.247 e. The zero-order valence-corrected chi connectivity index (χ0v) is 14.8. The van der Waals surface area contributed by atoms with E-state index in [9.17, 15) is 9.59 Å². The Labute approximate surface area is 152 Å². The fraction of sp³-hybridized carbons (Fsp3) is 0.250. The van der Waals surface area contributed by atoms with Crippen molar-refractivity contribution in [1.29, 1.82) is 0 Å². The van der Waals surface area contributed by atoms with E-state index in [0.29, 0.717) is 12.1 Å². The van der Waals surface area contributed by atoms with Crippen LogP contribution in [0.25, 0.3) is 10.9 Å². The predicted octanol–water partition coefficient (Wildman–Crippen LogP) is 2.88. The van der Waals surface area contributed by atoms with Crippen molar-refractivity contribution in [2.45, 2.75) is 26.3 Å². The van der Waals surface area contributed by atoms with E-state index >= 15 is 0 Å². The first-order valence-corrected chi connectivity index (χ1v) is 8.61. The van der Waals surface area contributed by atoms with Gasteiger partial charge in [0.25, 0.3) is 0 Å². The molecule has 2 aromatic heterocycles. The van der Waals surface area contributed by atoms with Crippen molar-refractivity contribution in [2.24, 2.45) is 5.92 Å². The van der Waals surface area contributed by atoms with Gasteiger partial charge in [0.1, 0.15) is 6.04 Å². The number of para-hydroxylation sites is 1. The maximum absolute atomic E-state index is 12.8. The fourth-order valence-electron chi connectivity index (χ4n) is 2.73. The highest BCUT2D eigenvalue weighted by molar-refractivity contribution is 5.98. The summed E-state index contributed by atoms with van der Waals surface area (Å²) in [5.74, 6) is -0.625. The molecule has 1 atom stereocenters. The summed E-state index contributed by atoms with van der Waals surface area (Å²) in [4.78, 5) is 32.2. The van der Waals surface area contributed by atoms with Crippen LogP contribution in [0.3, 0.4) is 0 Å². The lowest BCUT2D eigenvalue weighted by Gasteiger charge is -2.19. The van der Waals surface area contributed by atoms with Crippen LogP contribution in [0.1, 0.15) is 19.4 Å². The third-order valence-corrected chi connectivity index (χ3v) is 4.19. The third-order valence-electron chi connectivity index (χ3n) is 4.19. The van der Waals surface area contributed by atoms with Gasteiger partial charge in [-0.05, 0) is 23.8 Å². The number of nitrogens with zero attached hydrogens (tertiary/aromatic N) is 1. The van der Waals surface area contributed by atoms with Crippen molar-refractivity contribution >= 4 is 28.4 Å². The van der Waals surface area contributed by atoms with Crippen LogP contribution in [0.2, 0.25) is 0 Å². The van der Waals surface area contributed by atoms with Crippen molar-refractivity contribution in [3.05, 3.63) is 60.6 Å². The molecule has 6 nitrogen and oxygen atoms in total. The standard InChI is InChI=1S/C20H22N4O2/c1-13(2)19(25)24-18(20(26)23-15-6-5-9-21-12-15)10-14-11-22-17-8-4-3-7-16(14)17/h3-9,11-13,18,22H,10H2,1-2H3,(H,23,26)(H,24,25). The summed E-state index contributed by atoms with van der Waals surface area (Å²) in [5, 5.41) is 6.72. The quantitative estimate of drug-likeness (QED) is 0.639. The molecule has 6 heteroatoms. The minimum atomic E-state index is -0.677. The minimum Gasteiger partial charge on any atom is -0.361 e. The van der Waals surface area contributed by atoms with Crippen LogP contribution in [0.15, 0.2) is 55.0 Å². The number of benzene rings is 1. The molecule has 0 bridgehead atoms. The molecule has 0 aliphatic rings. The first-order valence-electron chi connectivity index (χ1n) is 8.61. The van der Waals surface area contributed by atoms with Gasteiger partial charge in [-0.15, -0.1) is 0 Å². The summed E-state index contributed by atoms with van der Waals surface area (Å²) in [5.41, 5.74) is 2.58. The van der Waals surface area contributed by atoms with Crippen molar-refractivity contribution in [3.63, 3.8) is 0 Å². The number of hydrogen-bond acceptors (Lipinski definition) is 3. The number of aromatic amines is 1. The summed E-state index contributed by atoms with van der Waals surface area (Å²) in [7, 11) is 0. The number of hydrogen-bond donors (Lipinski definition) is 3. The van der Waals surface area contributed by atoms with Crippen LogP contribution in [0.4, 0.5) is 5.69 Å². The Morgan fingerprint density at radius 3 is 2.65 bits per heavy atom. The highest BCUT2D eigenvalue weighted by atomic mass is 16.2. The summed E-state index contributed by atoms with van der Waals surface area (Å²) in [6.07, 6.45) is 5.50. The van der Waals surface area contributed by atoms with Crippen molar-refractivity contribution in [1.82, 2.24) is 15.3 Å². The Balaban J connectivity index is 1.82. The fourth-order valence-corrected chi connectivity index (χ4v) is 2.73. The van der Waals surface area contributed by atoms with Gasteiger partial charge < -0.3 is 15.6 Å². The van der Waals surface area contributed by atoms with Crippen LogP contribution in [0, 0.1) is 5.92 Å². The Kier molecular flexibility index (Phi) is 5.31. The van der Waals surface area contributed by atoms with Gasteiger partial charge in [-0.2, -0.15) is 0 Å². The summed E-state index contributed by atoms with van der Waals surface area (Å²) < 4.78 is 0. The monoisotopic (exact) mass is 350 g/mol. The van der Waals surface area contributed by atoms with Gasteiger partial charge in [-0.3, -0.25) is 14.6 Å². The van der Waals surface area contributed by atoms with Crippen LogP contribution < -0.4 is 10.6 Å². The predicted molar refractivity (Wildman–Crippen MR) is 102 cm³/mol. The van der Waals surface area contributed by atoms with E-state index in [0.717, 1.165) is 16.5 Å². The van der Waals surface area contributed by atoms with E-state index in [-0.39, 0.29) is 17.7 Å². The van der Waals surface area contributed by atoms with E-state index in [1.807, 2.05) is 30.5 Å². The lowest BCUT2D eigenvalue weighted by atomic mass is 10.0. The minimum absolute atomic E-state index is 0.156. The summed E-state index contributed by atoms with van der Waals surface area (Å²) in [6, 6.07) is 10.7. The van der Waals surface area contributed by atoms with Crippen molar-refractivity contribution < 1.29 is 9.59 Å². The van der Waals surface area contributed by atoms with Gasteiger partial charge in [0.2, 0.25) is 11.8 Å². The van der Waals surface area contributed by atoms with E-state index < -0.39 is 6.04 Å². The number of H-pyrrole nitrogens is 1. The number of anilines is 1. The van der Waals surface area contributed by atoms with E-state index in [4.69, 9.17) is 0 Å². The molecule has 134 valence electrons. The van der Waals surface area contributed by atoms with Crippen molar-refractivity contribution in [2.75, 3.05) is 5.32 Å². The van der Waals surface area contributed by atoms with Crippen LogP contribution in [-0.4, -0.2) is 27.8 Å². The molecule has 26 heavy (non-hydrogen) atoms. The Hall–Kier alpha value is -3.15. The first-order chi connectivity index (χ1) is 12.5. The van der Waals surface area contributed by atoms with Gasteiger partial charge in [0, 0.05) is 35.6 Å². The summed E-state index contributed by atoms with van der Waals surface area (Å²) >= 11 is 0.